The van der Waals surface area contributed by atoms with E-state index in [2.05, 4.69) is 10.6 Å². The van der Waals surface area contributed by atoms with Gasteiger partial charge < -0.3 is 10.4 Å². The topological polar surface area (TPSA) is 61.4 Å². The van der Waals surface area contributed by atoms with Crippen molar-refractivity contribution < 1.29 is 14.3 Å². The van der Waals surface area contributed by atoms with E-state index < -0.39 is 18.1 Å². The predicted molar refractivity (Wildman–Crippen MR) is 43.9 cm³/mol. The number of rotatable bonds is 1. The average Bonchev–Trinajstić information content (AvgIpc) is 2.50. The summed E-state index contributed by atoms with van der Waals surface area (Å²) in [6, 6.07) is 0. The number of aliphatic carboxylic acids is 1. The van der Waals surface area contributed by atoms with Gasteiger partial charge in [0.15, 0.2) is 0 Å². The minimum absolute atomic E-state index is 0.00639. The highest BCUT2D eigenvalue weighted by molar-refractivity contribution is 5.71. The van der Waals surface area contributed by atoms with Crippen LogP contribution in [-0.4, -0.2) is 36.5 Å². The highest BCUT2D eigenvalue weighted by atomic mass is 19.1. The number of fused-ring (bicyclic) bond motifs is 1. The van der Waals surface area contributed by atoms with E-state index in [0.29, 0.717) is 0 Å². The highest BCUT2D eigenvalue weighted by Crippen LogP contribution is 2.30. The number of carbonyl (C=O) groups is 1. The van der Waals surface area contributed by atoms with Gasteiger partial charge in [0.25, 0.3) is 0 Å². The van der Waals surface area contributed by atoms with Crippen LogP contribution in [0.5, 0.6) is 0 Å². The Balaban J connectivity index is 2.15. The lowest BCUT2D eigenvalue weighted by Gasteiger charge is -2.34. The Labute approximate surface area is 75.5 Å². The summed E-state index contributed by atoms with van der Waals surface area (Å²) in [5, 5.41) is 14.9. The Morgan fingerprint density at radius 1 is 1.46 bits per heavy atom. The first-order chi connectivity index (χ1) is 6.20. The number of piperidine rings is 1. The second kappa shape index (κ2) is 3.23. The fourth-order valence-corrected chi connectivity index (χ4v) is 2.31. The molecular weight excluding hydrogens is 175 g/mol. The summed E-state index contributed by atoms with van der Waals surface area (Å²) in [7, 11) is 0. The molecule has 0 spiro atoms. The molecule has 2 rings (SSSR count). The van der Waals surface area contributed by atoms with Crippen molar-refractivity contribution >= 4 is 5.97 Å². The molecule has 13 heavy (non-hydrogen) atoms. The third kappa shape index (κ3) is 1.42. The van der Waals surface area contributed by atoms with Gasteiger partial charge in [-0.2, -0.15) is 0 Å². The number of hydrogen-bond donors (Lipinski definition) is 3. The molecule has 0 saturated carbocycles. The van der Waals surface area contributed by atoms with Crippen LogP contribution < -0.4 is 10.6 Å². The second-order valence-corrected chi connectivity index (χ2v) is 3.67. The monoisotopic (exact) mass is 188 g/mol. The molecule has 0 aromatic heterocycles. The first-order valence-corrected chi connectivity index (χ1v) is 4.54. The molecule has 0 bridgehead atoms. The lowest BCUT2D eigenvalue weighted by molar-refractivity contribution is -0.148. The zero-order valence-electron chi connectivity index (χ0n) is 7.16. The molecule has 4 nitrogen and oxygen atoms in total. The third-order valence-corrected chi connectivity index (χ3v) is 2.94. The second-order valence-electron chi connectivity index (χ2n) is 3.67. The van der Waals surface area contributed by atoms with Gasteiger partial charge >= 0.3 is 5.97 Å². The van der Waals surface area contributed by atoms with Gasteiger partial charge in [0.05, 0.1) is 12.1 Å². The molecule has 0 radical (unpaired) electrons. The van der Waals surface area contributed by atoms with Gasteiger partial charge in [-0.15, -0.1) is 0 Å². The van der Waals surface area contributed by atoms with Crippen LogP contribution >= 0.6 is 0 Å². The van der Waals surface area contributed by atoms with Crippen LogP contribution in [0.25, 0.3) is 0 Å². The number of carboxylic acid groups (broad SMARTS) is 1. The summed E-state index contributed by atoms with van der Waals surface area (Å²) in [5.74, 6) is -1.93. The maximum atomic E-state index is 13.3. The van der Waals surface area contributed by atoms with Crippen molar-refractivity contribution in [1.82, 2.24) is 10.6 Å². The molecule has 2 heterocycles. The van der Waals surface area contributed by atoms with E-state index in [1.54, 1.807) is 0 Å². The minimum atomic E-state index is -1.25. The summed E-state index contributed by atoms with van der Waals surface area (Å²) in [5.41, 5.74) is 0. The molecule has 0 aromatic rings. The largest absolute Gasteiger partial charge is 0.481 e. The van der Waals surface area contributed by atoms with Gasteiger partial charge in [-0.3, -0.25) is 10.1 Å². The van der Waals surface area contributed by atoms with E-state index in [1.807, 2.05) is 0 Å². The van der Waals surface area contributed by atoms with E-state index >= 15 is 0 Å². The summed E-state index contributed by atoms with van der Waals surface area (Å²) >= 11 is 0. The maximum absolute atomic E-state index is 13.3. The van der Waals surface area contributed by atoms with E-state index in [9.17, 15) is 9.18 Å². The van der Waals surface area contributed by atoms with Crippen molar-refractivity contribution in [3.05, 3.63) is 0 Å². The number of nitrogens with one attached hydrogen (secondary N) is 2. The minimum Gasteiger partial charge on any atom is -0.481 e. The SMILES string of the molecule is O=C(O)C1C(F)CNC2NCCC21. The summed E-state index contributed by atoms with van der Waals surface area (Å²) in [4.78, 5) is 10.8. The van der Waals surface area contributed by atoms with Crippen LogP contribution in [-0.2, 0) is 4.79 Å². The molecule has 0 aromatic carbocycles. The first kappa shape index (κ1) is 8.90. The van der Waals surface area contributed by atoms with Gasteiger partial charge in [-0.25, -0.2) is 4.39 Å². The fourth-order valence-electron chi connectivity index (χ4n) is 2.31. The molecule has 74 valence electrons. The van der Waals surface area contributed by atoms with E-state index in [0.717, 1.165) is 13.0 Å². The Kier molecular flexibility index (Phi) is 2.21. The summed E-state index contributed by atoms with van der Waals surface area (Å²) < 4.78 is 13.3. The van der Waals surface area contributed by atoms with Crippen LogP contribution in [0, 0.1) is 11.8 Å². The van der Waals surface area contributed by atoms with Crippen LogP contribution in [0.4, 0.5) is 4.39 Å². The molecule has 4 unspecified atom stereocenters. The van der Waals surface area contributed by atoms with E-state index in [4.69, 9.17) is 5.11 Å². The Morgan fingerprint density at radius 3 is 2.92 bits per heavy atom. The van der Waals surface area contributed by atoms with Crippen molar-refractivity contribution in [3.63, 3.8) is 0 Å². The Bertz CT molecular complexity index is 224. The summed E-state index contributed by atoms with van der Waals surface area (Å²) in [6.07, 6.45) is -0.513. The van der Waals surface area contributed by atoms with E-state index in [1.165, 1.54) is 0 Å². The summed E-state index contributed by atoms with van der Waals surface area (Å²) in [6.45, 7) is 0.921. The molecule has 3 N–H and O–H groups in total. The van der Waals surface area contributed by atoms with Gasteiger partial charge in [0.2, 0.25) is 0 Å². The first-order valence-electron chi connectivity index (χ1n) is 4.54. The normalized spacial score (nSPS) is 44.4. The van der Waals surface area contributed by atoms with Gasteiger partial charge in [-0.1, -0.05) is 0 Å². The quantitative estimate of drug-likeness (QED) is 0.522. The van der Waals surface area contributed by atoms with Crippen molar-refractivity contribution in [2.24, 2.45) is 11.8 Å². The average molecular weight is 188 g/mol. The predicted octanol–water partition coefficient (Wildman–Crippen LogP) is -0.436. The van der Waals surface area contributed by atoms with Crippen LogP contribution in [0.3, 0.4) is 0 Å². The molecule has 4 atom stereocenters. The number of hydrogen-bond acceptors (Lipinski definition) is 3. The molecule has 2 fully saturated rings. The van der Waals surface area contributed by atoms with Gasteiger partial charge in [0.1, 0.15) is 6.17 Å². The van der Waals surface area contributed by atoms with Crippen LogP contribution in [0.15, 0.2) is 0 Å². The molecule has 2 aliphatic heterocycles. The Hall–Kier alpha value is -0.680. The molecule has 5 heteroatoms. The lowest BCUT2D eigenvalue weighted by Crippen LogP contribution is -2.55. The molecule has 2 aliphatic rings. The van der Waals surface area contributed by atoms with Crippen LogP contribution in [0.1, 0.15) is 6.42 Å². The van der Waals surface area contributed by atoms with E-state index in [-0.39, 0.29) is 18.6 Å². The number of carboxylic acids is 1. The van der Waals surface area contributed by atoms with Gasteiger partial charge in [0, 0.05) is 12.5 Å². The van der Waals surface area contributed by atoms with Crippen molar-refractivity contribution in [2.45, 2.75) is 18.8 Å². The molecule has 0 aliphatic carbocycles. The van der Waals surface area contributed by atoms with Crippen molar-refractivity contribution in [2.75, 3.05) is 13.1 Å². The van der Waals surface area contributed by atoms with Crippen molar-refractivity contribution in [1.29, 1.82) is 0 Å². The number of halogens is 1. The molecule has 0 amide bonds. The zero-order valence-corrected chi connectivity index (χ0v) is 7.16. The number of alkyl halides is 1. The van der Waals surface area contributed by atoms with Crippen molar-refractivity contribution in [3.8, 4) is 0 Å². The Morgan fingerprint density at radius 2 is 2.23 bits per heavy atom. The smallest absolute Gasteiger partial charge is 0.309 e. The maximum Gasteiger partial charge on any atom is 0.309 e. The molecular formula is C8H13FN2O2. The highest BCUT2D eigenvalue weighted by Gasteiger charge is 2.45. The standard InChI is InChI=1S/C8H13FN2O2/c9-5-3-11-7-4(1-2-10-7)6(5)8(12)13/h4-7,10-11H,1-3H2,(H,12,13). The van der Waals surface area contributed by atoms with Crippen LogP contribution in [0.2, 0.25) is 0 Å². The van der Waals surface area contributed by atoms with Gasteiger partial charge in [-0.05, 0) is 13.0 Å². The zero-order chi connectivity index (χ0) is 9.42. The third-order valence-electron chi connectivity index (χ3n) is 2.94. The lowest BCUT2D eigenvalue weighted by atomic mass is 9.83. The molecule has 2 saturated heterocycles. The fraction of sp³-hybridized carbons (Fsp3) is 0.875.